The highest BCUT2D eigenvalue weighted by Crippen LogP contribution is 2.22. The summed E-state index contributed by atoms with van der Waals surface area (Å²) in [5.74, 6) is -0.508. The second kappa shape index (κ2) is 6.66. The minimum atomic E-state index is -0.457. The second-order valence-electron chi connectivity index (χ2n) is 4.03. The van der Waals surface area contributed by atoms with E-state index in [4.69, 9.17) is 10.3 Å². The van der Waals surface area contributed by atoms with Crippen LogP contribution in [-0.2, 0) is 14.3 Å². The summed E-state index contributed by atoms with van der Waals surface area (Å²) in [6.45, 7) is 4.48. The summed E-state index contributed by atoms with van der Waals surface area (Å²) in [5.41, 5.74) is 8.79. The fraction of sp³-hybridized carbons (Fsp3) is 0.636. The Labute approximate surface area is 105 Å². The Kier molecular flexibility index (Phi) is 5.20. The number of esters is 1. The van der Waals surface area contributed by atoms with Crippen LogP contribution in [0.5, 0.6) is 0 Å². The van der Waals surface area contributed by atoms with Gasteiger partial charge in [-0.1, -0.05) is 5.11 Å². The van der Waals surface area contributed by atoms with Crippen LogP contribution in [0.2, 0.25) is 0 Å². The van der Waals surface area contributed by atoms with E-state index in [1.165, 1.54) is 11.0 Å². The normalized spacial score (nSPS) is 19.7. The van der Waals surface area contributed by atoms with Crippen LogP contribution in [-0.4, -0.2) is 36.5 Å². The average molecular weight is 252 g/mol. The first-order chi connectivity index (χ1) is 8.58. The van der Waals surface area contributed by atoms with Gasteiger partial charge in [0, 0.05) is 36.2 Å². The Morgan fingerprint density at radius 1 is 1.72 bits per heavy atom. The van der Waals surface area contributed by atoms with E-state index in [1.807, 2.05) is 0 Å². The molecular weight excluding hydrogens is 236 g/mol. The molecule has 18 heavy (non-hydrogen) atoms. The van der Waals surface area contributed by atoms with Gasteiger partial charge in [-0.2, -0.15) is 0 Å². The number of azide groups is 1. The molecule has 1 unspecified atom stereocenters. The van der Waals surface area contributed by atoms with Gasteiger partial charge < -0.3 is 9.64 Å². The Balaban J connectivity index is 2.64. The van der Waals surface area contributed by atoms with Crippen LogP contribution < -0.4 is 0 Å². The molecule has 0 aliphatic carbocycles. The van der Waals surface area contributed by atoms with Crippen molar-refractivity contribution < 1.29 is 14.3 Å². The second-order valence-corrected chi connectivity index (χ2v) is 4.03. The van der Waals surface area contributed by atoms with Gasteiger partial charge >= 0.3 is 5.97 Å². The van der Waals surface area contributed by atoms with Crippen molar-refractivity contribution in [1.29, 1.82) is 0 Å². The monoisotopic (exact) mass is 252 g/mol. The van der Waals surface area contributed by atoms with Crippen LogP contribution >= 0.6 is 0 Å². The number of carbonyl (C=O) groups excluding carboxylic acids is 2. The predicted octanol–water partition coefficient (Wildman–Crippen LogP) is 1.61. The molecule has 1 saturated heterocycles. The molecule has 1 heterocycles. The topological polar surface area (TPSA) is 95.4 Å². The molecule has 1 aliphatic heterocycles. The summed E-state index contributed by atoms with van der Waals surface area (Å²) in [6.07, 6.45) is 1.64. The van der Waals surface area contributed by atoms with E-state index in [1.54, 1.807) is 13.8 Å². The Hall–Kier alpha value is -2.01. The van der Waals surface area contributed by atoms with Gasteiger partial charge in [0.05, 0.1) is 6.61 Å². The lowest BCUT2D eigenvalue weighted by molar-refractivity contribution is -0.137. The van der Waals surface area contributed by atoms with E-state index < -0.39 is 5.97 Å². The number of hydrogen-bond donors (Lipinski definition) is 0. The zero-order chi connectivity index (χ0) is 13.5. The lowest BCUT2D eigenvalue weighted by atomic mass is 10.1. The van der Waals surface area contributed by atoms with Gasteiger partial charge in [-0.3, -0.25) is 4.79 Å². The molecule has 0 N–H and O–H groups in total. The molecule has 0 radical (unpaired) electrons. The molecule has 1 aliphatic rings. The summed E-state index contributed by atoms with van der Waals surface area (Å²) in [4.78, 5) is 27.2. The van der Waals surface area contributed by atoms with Gasteiger partial charge in [-0.05, 0) is 25.3 Å². The van der Waals surface area contributed by atoms with E-state index in [0.717, 1.165) is 0 Å². The molecule has 98 valence electrons. The van der Waals surface area contributed by atoms with E-state index in [9.17, 15) is 9.59 Å². The van der Waals surface area contributed by atoms with E-state index >= 15 is 0 Å². The van der Waals surface area contributed by atoms with Crippen molar-refractivity contribution in [2.45, 2.75) is 20.3 Å². The van der Waals surface area contributed by atoms with Gasteiger partial charge in [-0.25, -0.2) is 4.79 Å². The fourth-order valence-electron chi connectivity index (χ4n) is 1.83. The SMILES string of the molecule is CCOC(=O)C=C(C)N1CC(CN=[N+]=[N-])CC1=O. The quantitative estimate of drug-likeness (QED) is 0.244. The van der Waals surface area contributed by atoms with Gasteiger partial charge in [0.25, 0.3) is 0 Å². The maximum absolute atomic E-state index is 11.7. The first kappa shape index (κ1) is 14.1. The van der Waals surface area contributed by atoms with Gasteiger partial charge in [-0.15, -0.1) is 0 Å². The molecule has 1 fully saturated rings. The molecule has 0 aromatic carbocycles. The maximum Gasteiger partial charge on any atom is 0.332 e. The van der Waals surface area contributed by atoms with Gasteiger partial charge in [0.1, 0.15) is 0 Å². The molecule has 1 atom stereocenters. The van der Waals surface area contributed by atoms with E-state index in [-0.39, 0.29) is 11.8 Å². The number of hydrogen-bond acceptors (Lipinski definition) is 4. The van der Waals surface area contributed by atoms with Gasteiger partial charge in [0.2, 0.25) is 5.91 Å². The van der Waals surface area contributed by atoms with Crippen LogP contribution in [0.3, 0.4) is 0 Å². The summed E-state index contributed by atoms with van der Waals surface area (Å²) in [5, 5.41) is 3.46. The highest BCUT2D eigenvalue weighted by Gasteiger charge is 2.30. The number of nitrogens with zero attached hydrogens (tertiary/aromatic N) is 4. The maximum atomic E-state index is 11.7. The van der Waals surface area contributed by atoms with Crippen molar-refractivity contribution in [3.05, 3.63) is 22.2 Å². The van der Waals surface area contributed by atoms with Crippen molar-refractivity contribution in [2.75, 3.05) is 19.7 Å². The van der Waals surface area contributed by atoms with Gasteiger partial charge in [0.15, 0.2) is 0 Å². The Bertz CT molecular complexity index is 413. The molecule has 0 aromatic heterocycles. The zero-order valence-corrected chi connectivity index (χ0v) is 10.5. The smallest absolute Gasteiger partial charge is 0.332 e. The molecule has 7 nitrogen and oxygen atoms in total. The van der Waals surface area contributed by atoms with Crippen LogP contribution in [0.25, 0.3) is 10.4 Å². The summed E-state index contributed by atoms with van der Waals surface area (Å²) < 4.78 is 4.78. The first-order valence-corrected chi connectivity index (χ1v) is 5.74. The molecule has 1 amide bonds. The minimum absolute atomic E-state index is 0.0129. The lowest BCUT2D eigenvalue weighted by Crippen LogP contribution is -2.24. The first-order valence-electron chi connectivity index (χ1n) is 5.74. The van der Waals surface area contributed by atoms with Crippen molar-refractivity contribution in [1.82, 2.24) is 4.90 Å². The number of ether oxygens (including phenoxy) is 1. The molecule has 0 saturated carbocycles. The third-order valence-electron chi connectivity index (χ3n) is 2.65. The lowest BCUT2D eigenvalue weighted by Gasteiger charge is -2.16. The zero-order valence-electron chi connectivity index (χ0n) is 10.5. The Morgan fingerprint density at radius 2 is 2.44 bits per heavy atom. The molecule has 0 spiro atoms. The van der Waals surface area contributed by atoms with Crippen LogP contribution in [0.1, 0.15) is 20.3 Å². The minimum Gasteiger partial charge on any atom is -0.463 e. The van der Waals surface area contributed by atoms with Crippen molar-refractivity contribution in [3.63, 3.8) is 0 Å². The summed E-state index contributed by atoms with van der Waals surface area (Å²) in [6, 6.07) is 0. The largest absolute Gasteiger partial charge is 0.463 e. The van der Waals surface area contributed by atoms with E-state index in [0.29, 0.717) is 31.8 Å². The average Bonchev–Trinajstić information content (AvgIpc) is 2.68. The number of likely N-dealkylation sites (tertiary alicyclic amines) is 1. The predicted molar refractivity (Wildman–Crippen MR) is 64.2 cm³/mol. The third-order valence-corrected chi connectivity index (χ3v) is 2.65. The summed E-state index contributed by atoms with van der Waals surface area (Å²) >= 11 is 0. The molecule has 0 bridgehead atoms. The third kappa shape index (κ3) is 3.78. The number of amides is 1. The molecular formula is C11H16N4O3. The highest BCUT2D eigenvalue weighted by molar-refractivity contribution is 5.85. The fourth-order valence-corrected chi connectivity index (χ4v) is 1.83. The Morgan fingerprint density at radius 3 is 3.06 bits per heavy atom. The van der Waals surface area contributed by atoms with Crippen LogP contribution in [0.15, 0.2) is 16.9 Å². The van der Waals surface area contributed by atoms with Crippen LogP contribution in [0, 0.1) is 5.92 Å². The molecule has 1 rings (SSSR count). The van der Waals surface area contributed by atoms with E-state index in [2.05, 4.69) is 10.0 Å². The van der Waals surface area contributed by atoms with Crippen LogP contribution in [0.4, 0.5) is 0 Å². The standard InChI is InChI=1S/C11H16N4O3/c1-3-18-11(17)4-8(2)15-7-9(5-10(15)16)6-13-14-12/h4,9H,3,5-7H2,1-2H3. The number of carbonyl (C=O) groups is 2. The van der Waals surface area contributed by atoms with Crippen molar-refractivity contribution in [2.24, 2.45) is 11.0 Å². The van der Waals surface area contributed by atoms with Crippen molar-refractivity contribution >= 4 is 11.9 Å². The molecule has 7 heteroatoms. The highest BCUT2D eigenvalue weighted by atomic mass is 16.5. The number of rotatable bonds is 5. The van der Waals surface area contributed by atoms with Crippen molar-refractivity contribution in [3.8, 4) is 0 Å². The molecule has 0 aromatic rings. The number of allylic oxidation sites excluding steroid dienone is 1. The summed E-state index contributed by atoms with van der Waals surface area (Å²) in [7, 11) is 0.